The first-order chi connectivity index (χ1) is 9.74. The molecular formula is C16H22N2O2. The number of carbonyl (C=O) groups is 1. The molecule has 0 bridgehead atoms. The Morgan fingerprint density at radius 1 is 1.20 bits per heavy atom. The molecule has 1 aromatic carbocycles. The molecule has 0 aromatic heterocycles. The summed E-state index contributed by atoms with van der Waals surface area (Å²) in [6.45, 7) is 0.738. The van der Waals surface area contributed by atoms with E-state index in [1.54, 1.807) is 0 Å². The normalized spacial score (nSPS) is 29.6. The average molecular weight is 274 g/mol. The van der Waals surface area contributed by atoms with Gasteiger partial charge in [0.1, 0.15) is 0 Å². The highest BCUT2D eigenvalue weighted by atomic mass is 16.3. The quantitative estimate of drug-likeness (QED) is 0.757. The van der Waals surface area contributed by atoms with E-state index in [0.717, 1.165) is 38.6 Å². The molecule has 1 fully saturated rings. The van der Waals surface area contributed by atoms with Crippen LogP contribution in [0.15, 0.2) is 24.3 Å². The van der Waals surface area contributed by atoms with E-state index in [1.165, 1.54) is 11.1 Å². The lowest BCUT2D eigenvalue weighted by atomic mass is 9.91. The van der Waals surface area contributed by atoms with Gasteiger partial charge < -0.3 is 15.7 Å². The predicted molar refractivity (Wildman–Crippen MR) is 77.2 cm³/mol. The van der Waals surface area contributed by atoms with Crippen LogP contribution in [0.1, 0.15) is 36.8 Å². The van der Waals surface area contributed by atoms with Crippen molar-refractivity contribution in [3.05, 3.63) is 35.4 Å². The SMILES string of the molecule is O=C(N[C@@H]1CCCC[C@H]1O)[C@H]1Cc2ccccc2CN1. The summed E-state index contributed by atoms with van der Waals surface area (Å²) in [6, 6.07) is 7.98. The number of benzene rings is 1. The number of hydrogen-bond donors (Lipinski definition) is 3. The highest BCUT2D eigenvalue weighted by molar-refractivity contribution is 5.82. The highest BCUT2D eigenvalue weighted by Gasteiger charge is 2.29. The fraction of sp³-hybridized carbons (Fsp3) is 0.562. The van der Waals surface area contributed by atoms with Crippen molar-refractivity contribution in [2.24, 2.45) is 0 Å². The zero-order valence-corrected chi connectivity index (χ0v) is 11.6. The molecule has 2 aliphatic rings. The largest absolute Gasteiger partial charge is 0.391 e. The molecule has 4 heteroatoms. The van der Waals surface area contributed by atoms with Gasteiger partial charge in [0.15, 0.2) is 0 Å². The molecule has 3 rings (SSSR count). The molecule has 1 aliphatic heterocycles. The number of nitrogens with one attached hydrogen (secondary N) is 2. The minimum absolute atomic E-state index is 0.0189. The van der Waals surface area contributed by atoms with Crippen LogP contribution in [0.5, 0.6) is 0 Å². The molecular weight excluding hydrogens is 252 g/mol. The lowest BCUT2D eigenvalue weighted by Crippen LogP contribution is -2.53. The van der Waals surface area contributed by atoms with Crippen molar-refractivity contribution in [2.45, 2.75) is 56.8 Å². The van der Waals surface area contributed by atoms with Crippen molar-refractivity contribution in [1.29, 1.82) is 0 Å². The van der Waals surface area contributed by atoms with Gasteiger partial charge in [-0.1, -0.05) is 37.1 Å². The van der Waals surface area contributed by atoms with Crippen molar-refractivity contribution < 1.29 is 9.90 Å². The minimum Gasteiger partial charge on any atom is -0.391 e. The van der Waals surface area contributed by atoms with E-state index < -0.39 is 0 Å². The fourth-order valence-electron chi connectivity index (χ4n) is 3.20. The first-order valence-electron chi connectivity index (χ1n) is 7.52. The monoisotopic (exact) mass is 274 g/mol. The molecule has 0 saturated heterocycles. The minimum atomic E-state index is -0.386. The average Bonchev–Trinajstić information content (AvgIpc) is 2.49. The lowest BCUT2D eigenvalue weighted by Gasteiger charge is -2.31. The second-order valence-corrected chi connectivity index (χ2v) is 5.87. The Morgan fingerprint density at radius 2 is 1.95 bits per heavy atom. The van der Waals surface area contributed by atoms with Gasteiger partial charge in [-0.2, -0.15) is 0 Å². The van der Waals surface area contributed by atoms with E-state index in [9.17, 15) is 9.90 Å². The third-order valence-corrected chi connectivity index (χ3v) is 4.45. The van der Waals surface area contributed by atoms with E-state index in [2.05, 4.69) is 22.8 Å². The van der Waals surface area contributed by atoms with Crippen LogP contribution in [0.4, 0.5) is 0 Å². The first-order valence-corrected chi connectivity index (χ1v) is 7.52. The number of fused-ring (bicyclic) bond motifs is 1. The van der Waals surface area contributed by atoms with Gasteiger partial charge >= 0.3 is 0 Å². The smallest absolute Gasteiger partial charge is 0.237 e. The van der Waals surface area contributed by atoms with Crippen LogP contribution in [-0.2, 0) is 17.8 Å². The van der Waals surface area contributed by atoms with Crippen molar-refractivity contribution in [3.8, 4) is 0 Å². The molecule has 108 valence electrons. The Labute approximate surface area is 119 Å². The maximum absolute atomic E-state index is 12.3. The third kappa shape index (κ3) is 2.86. The summed E-state index contributed by atoms with van der Waals surface area (Å²) in [5.74, 6) is 0.0189. The summed E-state index contributed by atoms with van der Waals surface area (Å²) in [5, 5.41) is 16.2. The van der Waals surface area contributed by atoms with E-state index in [0.29, 0.717) is 0 Å². The van der Waals surface area contributed by atoms with Crippen molar-refractivity contribution >= 4 is 5.91 Å². The van der Waals surface area contributed by atoms with Crippen LogP contribution in [0.25, 0.3) is 0 Å². The number of amides is 1. The van der Waals surface area contributed by atoms with Gasteiger partial charge in [0.2, 0.25) is 5.91 Å². The number of aliphatic hydroxyl groups excluding tert-OH is 1. The predicted octanol–water partition coefficient (Wildman–Crippen LogP) is 1.12. The Hall–Kier alpha value is -1.39. The van der Waals surface area contributed by atoms with Crippen LogP contribution >= 0.6 is 0 Å². The van der Waals surface area contributed by atoms with Crippen LogP contribution in [0, 0.1) is 0 Å². The van der Waals surface area contributed by atoms with E-state index >= 15 is 0 Å². The second kappa shape index (κ2) is 5.94. The van der Waals surface area contributed by atoms with Crippen LogP contribution in [-0.4, -0.2) is 29.2 Å². The molecule has 1 saturated carbocycles. The molecule has 0 unspecified atom stereocenters. The molecule has 1 amide bonds. The maximum Gasteiger partial charge on any atom is 0.237 e. The molecule has 1 aromatic rings. The number of rotatable bonds is 2. The Morgan fingerprint density at radius 3 is 2.75 bits per heavy atom. The molecule has 1 aliphatic carbocycles. The van der Waals surface area contributed by atoms with Gasteiger partial charge in [0.25, 0.3) is 0 Å². The zero-order chi connectivity index (χ0) is 13.9. The summed E-state index contributed by atoms with van der Waals surface area (Å²) in [6.07, 6.45) is 4.17. The van der Waals surface area contributed by atoms with Crippen molar-refractivity contribution in [1.82, 2.24) is 10.6 Å². The van der Waals surface area contributed by atoms with Crippen molar-refractivity contribution in [2.75, 3.05) is 0 Å². The molecule has 0 spiro atoms. The topological polar surface area (TPSA) is 61.4 Å². The lowest BCUT2D eigenvalue weighted by molar-refractivity contribution is -0.125. The third-order valence-electron chi connectivity index (χ3n) is 4.45. The van der Waals surface area contributed by atoms with Gasteiger partial charge in [-0.15, -0.1) is 0 Å². The number of hydrogen-bond acceptors (Lipinski definition) is 3. The number of carbonyl (C=O) groups excluding carboxylic acids is 1. The summed E-state index contributed by atoms with van der Waals surface area (Å²) >= 11 is 0. The van der Waals surface area contributed by atoms with Crippen LogP contribution in [0.2, 0.25) is 0 Å². The standard InChI is InChI=1S/C16H22N2O2/c19-15-8-4-3-7-13(15)18-16(20)14-9-11-5-1-2-6-12(11)10-17-14/h1-2,5-6,13-15,17,19H,3-4,7-10H2,(H,18,20)/t13-,14-,15-/m1/s1. The molecule has 0 radical (unpaired) electrons. The summed E-state index contributed by atoms with van der Waals surface area (Å²) in [7, 11) is 0. The highest BCUT2D eigenvalue weighted by Crippen LogP contribution is 2.20. The Balaban J connectivity index is 1.61. The summed E-state index contributed by atoms with van der Waals surface area (Å²) in [5.41, 5.74) is 2.52. The first kappa shape index (κ1) is 13.6. The Kier molecular flexibility index (Phi) is 4.03. The van der Waals surface area contributed by atoms with Gasteiger partial charge in [0, 0.05) is 6.54 Å². The summed E-state index contributed by atoms with van der Waals surface area (Å²) < 4.78 is 0. The van der Waals surface area contributed by atoms with Crippen molar-refractivity contribution in [3.63, 3.8) is 0 Å². The van der Waals surface area contributed by atoms with Gasteiger partial charge in [-0.3, -0.25) is 4.79 Å². The van der Waals surface area contributed by atoms with Crippen LogP contribution < -0.4 is 10.6 Å². The molecule has 3 N–H and O–H groups in total. The van der Waals surface area contributed by atoms with Gasteiger partial charge in [-0.25, -0.2) is 0 Å². The molecule has 3 atom stereocenters. The number of aliphatic hydroxyl groups is 1. The molecule has 1 heterocycles. The maximum atomic E-state index is 12.3. The zero-order valence-electron chi connectivity index (χ0n) is 11.6. The second-order valence-electron chi connectivity index (χ2n) is 5.87. The fourth-order valence-corrected chi connectivity index (χ4v) is 3.20. The van der Waals surface area contributed by atoms with Gasteiger partial charge in [0.05, 0.1) is 18.2 Å². The van der Waals surface area contributed by atoms with Gasteiger partial charge in [-0.05, 0) is 30.4 Å². The summed E-state index contributed by atoms with van der Waals surface area (Å²) in [4.78, 5) is 12.3. The van der Waals surface area contributed by atoms with E-state index in [1.807, 2.05) is 12.1 Å². The molecule has 20 heavy (non-hydrogen) atoms. The molecule has 4 nitrogen and oxygen atoms in total. The van der Waals surface area contributed by atoms with Crippen LogP contribution in [0.3, 0.4) is 0 Å². The van der Waals surface area contributed by atoms with E-state index in [-0.39, 0.29) is 24.1 Å². The van der Waals surface area contributed by atoms with E-state index in [4.69, 9.17) is 0 Å². The Bertz CT molecular complexity index is 489.